The topological polar surface area (TPSA) is 39.4 Å². The van der Waals surface area contributed by atoms with Crippen LogP contribution in [0.25, 0.3) is 0 Å². The minimum Gasteiger partial charge on any atom is -0.302 e. The molecule has 0 spiro atoms. The largest absolute Gasteiger partial charge is 0.302 e. The third-order valence-electron chi connectivity index (χ3n) is 1.45. The van der Waals surface area contributed by atoms with Crippen molar-refractivity contribution >= 4 is 5.71 Å². The Kier molecular flexibility index (Phi) is 3.04. The van der Waals surface area contributed by atoms with Crippen LogP contribution in [0.1, 0.15) is 5.56 Å². The Morgan fingerprint density at radius 3 is 2.38 bits per heavy atom. The molecule has 0 saturated heterocycles. The molecule has 0 bridgehead atoms. The molecular formula is C10H11N3. The van der Waals surface area contributed by atoms with Gasteiger partial charge >= 0.3 is 0 Å². The molecule has 0 saturated carbocycles. The van der Waals surface area contributed by atoms with Gasteiger partial charge in [0, 0.05) is 19.7 Å². The van der Waals surface area contributed by atoms with Gasteiger partial charge in [-0.2, -0.15) is 10.4 Å². The smallest absolute Gasteiger partial charge is 0.167 e. The highest BCUT2D eigenvalue weighted by molar-refractivity contribution is 6.11. The first-order valence-electron chi connectivity index (χ1n) is 3.95. The predicted molar refractivity (Wildman–Crippen MR) is 52.3 cm³/mol. The minimum absolute atomic E-state index is 0.436. The van der Waals surface area contributed by atoms with Gasteiger partial charge < -0.3 is 5.01 Å². The van der Waals surface area contributed by atoms with Crippen molar-refractivity contribution in [2.75, 3.05) is 14.1 Å². The van der Waals surface area contributed by atoms with E-state index in [1.54, 1.807) is 19.1 Å². The SMILES string of the molecule is CN(C)/N=C(\C#N)c1ccccc1. The van der Waals surface area contributed by atoms with Gasteiger partial charge in [0.2, 0.25) is 0 Å². The van der Waals surface area contributed by atoms with Gasteiger partial charge in [-0.15, -0.1) is 0 Å². The first-order chi connectivity index (χ1) is 6.24. The number of hydrogen-bond acceptors (Lipinski definition) is 3. The van der Waals surface area contributed by atoms with Crippen molar-refractivity contribution in [2.24, 2.45) is 5.10 Å². The molecule has 0 aliphatic carbocycles. The number of rotatable bonds is 2. The average Bonchev–Trinajstić information content (AvgIpc) is 2.15. The Balaban J connectivity index is 3.00. The molecular weight excluding hydrogens is 162 g/mol. The van der Waals surface area contributed by atoms with Crippen LogP contribution in [0.4, 0.5) is 0 Å². The van der Waals surface area contributed by atoms with E-state index in [-0.39, 0.29) is 0 Å². The average molecular weight is 173 g/mol. The summed E-state index contributed by atoms with van der Waals surface area (Å²) in [6, 6.07) is 11.5. The lowest BCUT2D eigenvalue weighted by molar-refractivity contribution is 0.439. The van der Waals surface area contributed by atoms with E-state index in [0.717, 1.165) is 5.56 Å². The molecule has 1 aromatic rings. The lowest BCUT2D eigenvalue weighted by Gasteiger charge is -2.04. The van der Waals surface area contributed by atoms with E-state index in [2.05, 4.69) is 11.2 Å². The van der Waals surface area contributed by atoms with Crippen molar-refractivity contribution in [3.05, 3.63) is 35.9 Å². The molecule has 3 nitrogen and oxygen atoms in total. The summed E-state index contributed by atoms with van der Waals surface area (Å²) in [5.74, 6) is 0. The highest BCUT2D eigenvalue weighted by Gasteiger charge is 2.00. The molecule has 0 heterocycles. The monoisotopic (exact) mass is 173 g/mol. The summed E-state index contributed by atoms with van der Waals surface area (Å²) >= 11 is 0. The molecule has 0 amide bonds. The van der Waals surface area contributed by atoms with Gasteiger partial charge in [-0.3, -0.25) is 0 Å². The highest BCUT2D eigenvalue weighted by atomic mass is 15.4. The molecule has 13 heavy (non-hydrogen) atoms. The van der Waals surface area contributed by atoms with Crippen molar-refractivity contribution in [2.45, 2.75) is 0 Å². The number of hydrazone groups is 1. The van der Waals surface area contributed by atoms with Crippen molar-refractivity contribution in [3.63, 3.8) is 0 Å². The second-order valence-corrected chi connectivity index (χ2v) is 2.77. The molecule has 0 atom stereocenters. The number of nitrogens with zero attached hydrogens (tertiary/aromatic N) is 3. The second kappa shape index (κ2) is 4.27. The summed E-state index contributed by atoms with van der Waals surface area (Å²) in [5.41, 5.74) is 1.28. The summed E-state index contributed by atoms with van der Waals surface area (Å²) in [7, 11) is 3.58. The van der Waals surface area contributed by atoms with Crippen molar-refractivity contribution in [1.29, 1.82) is 5.26 Å². The predicted octanol–water partition coefficient (Wildman–Crippen LogP) is 1.48. The van der Waals surface area contributed by atoms with Crippen LogP contribution in [0.15, 0.2) is 35.4 Å². The first kappa shape index (κ1) is 9.27. The normalized spacial score (nSPS) is 10.7. The lowest BCUT2D eigenvalue weighted by atomic mass is 10.1. The maximum absolute atomic E-state index is 8.82. The van der Waals surface area contributed by atoms with Crippen LogP contribution in [0.3, 0.4) is 0 Å². The second-order valence-electron chi connectivity index (χ2n) is 2.77. The minimum atomic E-state index is 0.436. The number of benzene rings is 1. The summed E-state index contributed by atoms with van der Waals surface area (Å²) in [6.45, 7) is 0. The standard InChI is InChI=1S/C10H11N3/c1-13(2)12-10(8-11)9-6-4-3-5-7-9/h3-7H,1-2H3/b12-10+. The van der Waals surface area contributed by atoms with Gasteiger partial charge in [-0.25, -0.2) is 0 Å². The maximum Gasteiger partial charge on any atom is 0.167 e. The Morgan fingerprint density at radius 2 is 1.92 bits per heavy atom. The number of nitriles is 1. The van der Waals surface area contributed by atoms with Crippen molar-refractivity contribution in [1.82, 2.24) is 5.01 Å². The maximum atomic E-state index is 8.82. The molecule has 0 unspecified atom stereocenters. The molecule has 0 aliphatic heterocycles. The van der Waals surface area contributed by atoms with E-state index in [1.807, 2.05) is 30.3 Å². The molecule has 0 fully saturated rings. The molecule has 1 rings (SSSR count). The lowest BCUT2D eigenvalue weighted by Crippen LogP contribution is -2.08. The van der Waals surface area contributed by atoms with Gasteiger partial charge in [0.25, 0.3) is 0 Å². The van der Waals surface area contributed by atoms with Gasteiger partial charge in [-0.1, -0.05) is 30.3 Å². The first-order valence-corrected chi connectivity index (χ1v) is 3.95. The Bertz CT molecular complexity index is 333. The zero-order chi connectivity index (χ0) is 9.68. The van der Waals surface area contributed by atoms with Crippen LogP contribution in [0.2, 0.25) is 0 Å². The molecule has 0 aromatic heterocycles. The van der Waals surface area contributed by atoms with Crippen molar-refractivity contribution in [3.8, 4) is 6.07 Å². The quantitative estimate of drug-likeness (QED) is 0.502. The zero-order valence-electron chi connectivity index (χ0n) is 7.73. The van der Waals surface area contributed by atoms with Gasteiger partial charge in [0.1, 0.15) is 6.07 Å². The summed E-state index contributed by atoms with van der Waals surface area (Å²) in [6.07, 6.45) is 0. The van der Waals surface area contributed by atoms with Crippen LogP contribution < -0.4 is 0 Å². The van der Waals surface area contributed by atoms with Crippen LogP contribution in [0.5, 0.6) is 0 Å². The van der Waals surface area contributed by atoms with Crippen LogP contribution in [-0.4, -0.2) is 24.8 Å². The van der Waals surface area contributed by atoms with E-state index in [0.29, 0.717) is 5.71 Å². The highest BCUT2D eigenvalue weighted by Crippen LogP contribution is 2.00. The summed E-state index contributed by atoms with van der Waals surface area (Å²) in [4.78, 5) is 0. The van der Waals surface area contributed by atoms with E-state index in [9.17, 15) is 0 Å². The van der Waals surface area contributed by atoms with Crippen LogP contribution in [-0.2, 0) is 0 Å². The molecule has 66 valence electrons. The third-order valence-corrected chi connectivity index (χ3v) is 1.45. The van der Waals surface area contributed by atoms with E-state index >= 15 is 0 Å². The fraction of sp³-hybridized carbons (Fsp3) is 0.200. The van der Waals surface area contributed by atoms with Crippen LogP contribution in [0, 0.1) is 11.3 Å². The molecule has 0 aliphatic rings. The molecule has 3 heteroatoms. The fourth-order valence-corrected chi connectivity index (χ4v) is 0.941. The molecule has 1 aromatic carbocycles. The third kappa shape index (κ3) is 2.60. The van der Waals surface area contributed by atoms with Crippen LogP contribution >= 0.6 is 0 Å². The van der Waals surface area contributed by atoms with Gasteiger partial charge in [0.05, 0.1) is 0 Å². The Labute approximate surface area is 77.9 Å². The van der Waals surface area contributed by atoms with E-state index < -0.39 is 0 Å². The van der Waals surface area contributed by atoms with Crippen molar-refractivity contribution < 1.29 is 0 Å². The molecule has 0 N–H and O–H groups in total. The van der Waals surface area contributed by atoms with Gasteiger partial charge in [-0.05, 0) is 0 Å². The zero-order valence-corrected chi connectivity index (χ0v) is 7.73. The van der Waals surface area contributed by atoms with E-state index in [1.165, 1.54) is 0 Å². The number of hydrogen-bond donors (Lipinski definition) is 0. The Morgan fingerprint density at radius 1 is 1.31 bits per heavy atom. The van der Waals surface area contributed by atoms with E-state index in [4.69, 9.17) is 5.26 Å². The summed E-state index contributed by atoms with van der Waals surface area (Å²) < 4.78 is 0. The fourth-order valence-electron chi connectivity index (χ4n) is 0.941. The molecule has 0 radical (unpaired) electrons. The van der Waals surface area contributed by atoms with Gasteiger partial charge in [0.15, 0.2) is 5.71 Å². The Hall–Kier alpha value is -1.82. The summed E-state index contributed by atoms with van der Waals surface area (Å²) in [5, 5.41) is 14.5.